The van der Waals surface area contributed by atoms with Gasteiger partial charge in [-0.1, -0.05) is 40.5 Å². The van der Waals surface area contributed by atoms with Crippen LogP contribution in [0.15, 0.2) is 53.7 Å². The largest absolute Gasteiger partial charge is 0.411 e. The van der Waals surface area contributed by atoms with E-state index in [4.69, 9.17) is 34.1 Å². The van der Waals surface area contributed by atoms with Gasteiger partial charge in [-0.2, -0.15) is 4.98 Å². The van der Waals surface area contributed by atoms with Gasteiger partial charge in [0, 0.05) is 22.3 Å². The minimum atomic E-state index is 0.112. The Labute approximate surface area is 160 Å². The predicted octanol–water partition coefficient (Wildman–Crippen LogP) is 4.97. The number of aromatic nitrogens is 2. The number of hydrogen-bond acceptors (Lipinski definition) is 6. The molecule has 8 heteroatoms. The van der Waals surface area contributed by atoms with Gasteiger partial charge < -0.3 is 16.3 Å². The van der Waals surface area contributed by atoms with Crippen molar-refractivity contribution in [3.05, 3.63) is 64.1 Å². The average molecular weight is 388 g/mol. The second-order valence-corrected chi connectivity index (χ2v) is 6.35. The van der Waals surface area contributed by atoms with Gasteiger partial charge in [0.15, 0.2) is 0 Å². The van der Waals surface area contributed by atoms with Gasteiger partial charge in [0.05, 0.1) is 16.4 Å². The fourth-order valence-corrected chi connectivity index (χ4v) is 2.75. The fourth-order valence-electron chi connectivity index (χ4n) is 2.36. The third-order valence-electron chi connectivity index (χ3n) is 3.67. The number of rotatable bonds is 4. The summed E-state index contributed by atoms with van der Waals surface area (Å²) in [6.45, 7) is 1.72. The minimum absolute atomic E-state index is 0.112. The van der Waals surface area contributed by atoms with Crippen LogP contribution in [0.3, 0.4) is 0 Å². The van der Waals surface area contributed by atoms with E-state index in [2.05, 4.69) is 20.4 Å². The van der Waals surface area contributed by atoms with Crippen LogP contribution in [0.4, 0.5) is 17.5 Å². The molecule has 0 unspecified atom stereocenters. The van der Waals surface area contributed by atoms with E-state index in [0.717, 1.165) is 11.3 Å². The molecule has 0 radical (unpaired) electrons. The second-order valence-electron chi connectivity index (χ2n) is 5.51. The third kappa shape index (κ3) is 4.04. The predicted molar refractivity (Wildman–Crippen MR) is 106 cm³/mol. The van der Waals surface area contributed by atoms with Crippen molar-refractivity contribution in [3.8, 4) is 11.3 Å². The number of hydrogen-bond donors (Lipinski definition) is 3. The normalized spacial score (nSPS) is 11.4. The fraction of sp³-hybridized carbons (Fsp3) is 0.0556. The van der Waals surface area contributed by atoms with Crippen LogP contribution >= 0.6 is 23.2 Å². The molecule has 0 atom stereocenters. The highest BCUT2D eigenvalue weighted by atomic mass is 35.5. The highest BCUT2D eigenvalue weighted by Gasteiger charge is 2.10. The molecule has 4 N–H and O–H groups in total. The Kier molecular flexibility index (Phi) is 5.25. The molecule has 1 aromatic heterocycles. The van der Waals surface area contributed by atoms with Crippen molar-refractivity contribution >= 4 is 46.4 Å². The van der Waals surface area contributed by atoms with E-state index in [1.165, 1.54) is 0 Å². The number of nitrogens with one attached hydrogen (secondary N) is 1. The monoisotopic (exact) mass is 387 g/mol. The molecule has 0 aliphatic rings. The van der Waals surface area contributed by atoms with Crippen molar-refractivity contribution in [2.75, 3.05) is 11.1 Å². The Morgan fingerprint density at radius 3 is 2.50 bits per heavy atom. The molecule has 0 aliphatic carbocycles. The van der Waals surface area contributed by atoms with E-state index < -0.39 is 0 Å². The molecule has 0 saturated carbocycles. The van der Waals surface area contributed by atoms with Gasteiger partial charge in [0.1, 0.15) is 5.82 Å². The van der Waals surface area contributed by atoms with Gasteiger partial charge in [0.25, 0.3) is 0 Å². The van der Waals surface area contributed by atoms with Crippen LogP contribution in [0.1, 0.15) is 12.5 Å². The number of oxime groups is 1. The van der Waals surface area contributed by atoms with Gasteiger partial charge >= 0.3 is 0 Å². The van der Waals surface area contributed by atoms with Crippen molar-refractivity contribution < 1.29 is 5.21 Å². The summed E-state index contributed by atoms with van der Waals surface area (Å²) in [4.78, 5) is 8.43. The first-order chi connectivity index (χ1) is 12.5. The summed E-state index contributed by atoms with van der Waals surface area (Å²) in [6, 6.07) is 14.2. The lowest BCUT2D eigenvalue weighted by atomic mass is 10.1. The van der Waals surface area contributed by atoms with Crippen molar-refractivity contribution in [1.29, 1.82) is 0 Å². The van der Waals surface area contributed by atoms with Crippen LogP contribution in [0.25, 0.3) is 11.3 Å². The topological polar surface area (TPSA) is 96.4 Å². The van der Waals surface area contributed by atoms with E-state index in [0.29, 0.717) is 32.8 Å². The maximum absolute atomic E-state index is 8.83. The van der Waals surface area contributed by atoms with Gasteiger partial charge in [-0.05, 0) is 42.8 Å². The molecular weight excluding hydrogens is 373 g/mol. The Morgan fingerprint density at radius 1 is 1.08 bits per heavy atom. The van der Waals surface area contributed by atoms with E-state index in [1.807, 2.05) is 24.3 Å². The third-order valence-corrected chi connectivity index (χ3v) is 4.24. The van der Waals surface area contributed by atoms with E-state index in [1.54, 1.807) is 31.2 Å². The van der Waals surface area contributed by atoms with Gasteiger partial charge in [-0.3, -0.25) is 0 Å². The average Bonchev–Trinajstić information content (AvgIpc) is 2.63. The zero-order chi connectivity index (χ0) is 18.7. The first-order valence-electron chi connectivity index (χ1n) is 7.62. The summed E-state index contributed by atoms with van der Waals surface area (Å²) in [5.41, 5.74) is 9.20. The molecule has 1 heterocycles. The SMILES string of the molecule is CC(=NO)c1ccc(Nc2cc(-c3cc(Cl)ccc3Cl)nc(N)n2)cc1. The molecule has 132 valence electrons. The van der Waals surface area contributed by atoms with Crippen molar-refractivity contribution in [1.82, 2.24) is 9.97 Å². The number of halogens is 2. The summed E-state index contributed by atoms with van der Waals surface area (Å²) >= 11 is 12.3. The molecular formula is C18H15Cl2N5O. The van der Waals surface area contributed by atoms with Crippen LogP contribution in [0.2, 0.25) is 10.0 Å². The molecule has 0 aliphatic heterocycles. The highest BCUT2D eigenvalue weighted by molar-refractivity contribution is 6.35. The summed E-state index contributed by atoms with van der Waals surface area (Å²) in [5, 5.41) is 16.2. The molecule has 0 spiro atoms. The molecule has 3 aromatic rings. The molecule has 0 bridgehead atoms. The van der Waals surface area contributed by atoms with Crippen molar-refractivity contribution in [2.45, 2.75) is 6.92 Å². The molecule has 0 fully saturated rings. The van der Waals surface area contributed by atoms with E-state index in [9.17, 15) is 0 Å². The van der Waals surface area contributed by atoms with Gasteiger partial charge in [-0.25, -0.2) is 4.98 Å². The van der Waals surface area contributed by atoms with Crippen molar-refractivity contribution in [3.63, 3.8) is 0 Å². The van der Waals surface area contributed by atoms with E-state index in [-0.39, 0.29) is 5.95 Å². The smallest absolute Gasteiger partial charge is 0.222 e. The number of nitrogens with zero attached hydrogens (tertiary/aromatic N) is 3. The minimum Gasteiger partial charge on any atom is -0.411 e. The van der Waals surface area contributed by atoms with Crippen LogP contribution < -0.4 is 11.1 Å². The summed E-state index contributed by atoms with van der Waals surface area (Å²) in [5.74, 6) is 0.629. The number of benzene rings is 2. The Balaban J connectivity index is 1.92. The molecule has 26 heavy (non-hydrogen) atoms. The quantitative estimate of drug-likeness (QED) is 0.333. The molecule has 0 saturated heterocycles. The summed E-state index contributed by atoms with van der Waals surface area (Å²) in [7, 11) is 0. The van der Waals surface area contributed by atoms with Gasteiger partial charge in [-0.15, -0.1) is 0 Å². The van der Waals surface area contributed by atoms with Crippen LogP contribution in [0, 0.1) is 0 Å². The first-order valence-corrected chi connectivity index (χ1v) is 8.38. The van der Waals surface area contributed by atoms with Crippen LogP contribution in [-0.4, -0.2) is 20.9 Å². The number of anilines is 3. The first kappa shape index (κ1) is 18.0. The Bertz CT molecular complexity index is 974. The van der Waals surface area contributed by atoms with Crippen molar-refractivity contribution in [2.24, 2.45) is 5.16 Å². The number of nitrogens with two attached hydrogens (primary N) is 1. The highest BCUT2D eigenvalue weighted by Crippen LogP contribution is 2.31. The van der Waals surface area contributed by atoms with Crippen LogP contribution in [0.5, 0.6) is 0 Å². The standard InChI is InChI=1S/C18H15Cl2N5O/c1-10(25-26)11-2-5-13(6-3-11)22-17-9-16(23-18(21)24-17)14-8-12(19)4-7-15(14)20/h2-9,26H,1H3,(H3,21,22,23,24). The number of nitrogen functional groups attached to an aromatic ring is 1. The molecule has 6 nitrogen and oxygen atoms in total. The zero-order valence-corrected chi connectivity index (χ0v) is 15.3. The lowest BCUT2D eigenvalue weighted by molar-refractivity contribution is 0.319. The zero-order valence-electron chi connectivity index (χ0n) is 13.7. The molecule has 0 amide bonds. The Hall–Kier alpha value is -2.83. The summed E-state index contributed by atoms with van der Waals surface area (Å²) in [6.07, 6.45) is 0. The lowest BCUT2D eigenvalue weighted by Gasteiger charge is -2.10. The molecule has 3 rings (SSSR count). The van der Waals surface area contributed by atoms with Crippen LogP contribution in [-0.2, 0) is 0 Å². The van der Waals surface area contributed by atoms with E-state index >= 15 is 0 Å². The second kappa shape index (κ2) is 7.59. The Morgan fingerprint density at radius 2 is 1.81 bits per heavy atom. The lowest BCUT2D eigenvalue weighted by Crippen LogP contribution is -2.02. The molecule has 2 aromatic carbocycles. The maximum Gasteiger partial charge on any atom is 0.222 e. The van der Waals surface area contributed by atoms with Gasteiger partial charge in [0.2, 0.25) is 5.95 Å². The summed E-state index contributed by atoms with van der Waals surface area (Å²) < 4.78 is 0. The maximum atomic E-state index is 8.83.